The third-order valence-corrected chi connectivity index (χ3v) is 2.91. The van der Waals surface area contributed by atoms with Crippen LogP contribution in [0.2, 0.25) is 0 Å². The molecule has 1 N–H and O–H groups in total. The zero-order chi connectivity index (χ0) is 13.7. The SMILES string of the molecule is Cc1ccnn1CCn1cc(CNCC(C)C)nn1. The van der Waals surface area contributed by atoms with Gasteiger partial charge < -0.3 is 5.32 Å². The van der Waals surface area contributed by atoms with Crippen LogP contribution in [0.15, 0.2) is 18.5 Å². The lowest BCUT2D eigenvalue weighted by Gasteiger charge is -2.04. The van der Waals surface area contributed by atoms with Gasteiger partial charge in [-0.3, -0.25) is 9.36 Å². The number of nitrogens with one attached hydrogen (secondary N) is 1. The van der Waals surface area contributed by atoms with Gasteiger partial charge in [0.25, 0.3) is 0 Å². The summed E-state index contributed by atoms with van der Waals surface area (Å²) < 4.78 is 3.84. The van der Waals surface area contributed by atoms with Crippen molar-refractivity contribution in [2.24, 2.45) is 5.92 Å². The summed E-state index contributed by atoms with van der Waals surface area (Å²) >= 11 is 0. The average Bonchev–Trinajstić information content (AvgIpc) is 2.95. The minimum absolute atomic E-state index is 0.651. The van der Waals surface area contributed by atoms with Gasteiger partial charge in [0.05, 0.1) is 18.8 Å². The highest BCUT2D eigenvalue weighted by molar-refractivity contribution is 4.96. The lowest BCUT2D eigenvalue weighted by molar-refractivity contribution is 0.483. The maximum atomic E-state index is 4.25. The Kier molecular flexibility index (Phi) is 4.68. The number of aromatic nitrogens is 5. The van der Waals surface area contributed by atoms with Crippen LogP contribution in [0.25, 0.3) is 0 Å². The smallest absolute Gasteiger partial charge is 0.0964 e. The first-order chi connectivity index (χ1) is 9.15. The highest BCUT2D eigenvalue weighted by atomic mass is 15.4. The highest BCUT2D eigenvalue weighted by Gasteiger charge is 2.02. The van der Waals surface area contributed by atoms with Crippen molar-refractivity contribution >= 4 is 0 Å². The number of rotatable bonds is 7. The summed E-state index contributed by atoms with van der Waals surface area (Å²) in [5.74, 6) is 0.651. The summed E-state index contributed by atoms with van der Waals surface area (Å²) in [4.78, 5) is 0. The molecule has 0 aromatic carbocycles. The molecular weight excluding hydrogens is 240 g/mol. The van der Waals surface area contributed by atoms with Crippen LogP contribution in [0.4, 0.5) is 0 Å². The van der Waals surface area contributed by atoms with Gasteiger partial charge >= 0.3 is 0 Å². The van der Waals surface area contributed by atoms with Gasteiger partial charge in [0.2, 0.25) is 0 Å². The maximum Gasteiger partial charge on any atom is 0.0964 e. The molecule has 19 heavy (non-hydrogen) atoms. The molecule has 6 heteroatoms. The highest BCUT2D eigenvalue weighted by Crippen LogP contribution is 1.98. The van der Waals surface area contributed by atoms with Gasteiger partial charge in [0, 0.05) is 24.6 Å². The summed E-state index contributed by atoms with van der Waals surface area (Å²) in [6.45, 7) is 9.82. The predicted octanol–water partition coefficient (Wildman–Crippen LogP) is 1.23. The van der Waals surface area contributed by atoms with E-state index in [-0.39, 0.29) is 0 Å². The van der Waals surface area contributed by atoms with E-state index in [4.69, 9.17) is 0 Å². The van der Waals surface area contributed by atoms with Crippen LogP contribution in [0.3, 0.4) is 0 Å². The zero-order valence-electron chi connectivity index (χ0n) is 11.9. The molecule has 0 aliphatic heterocycles. The van der Waals surface area contributed by atoms with E-state index < -0.39 is 0 Å². The Bertz CT molecular complexity index is 499. The van der Waals surface area contributed by atoms with Crippen molar-refractivity contribution < 1.29 is 0 Å². The van der Waals surface area contributed by atoms with Gasteiger partial charge in [-0.1, -0.05) is 19.1 Å². The van der Waals surface area contributed by atoms with E-state index in [0.29, 0.717) is 5.92 Å². The van der Waals surface area contributed by atoms with Crippen LogP contribution in [0.5, 0.6) is 0 Å². The van der Waals surface area contributed by atoms with E-state index in [2.05, 4.69) is 41.5 Å². The van der Waals surface area contributed by atoms with Crippen LogP contribution in [-0.2, 0) is 19.6 Å². The molecule has 0 unspecified atom stereocenters. The molecule has 0 aliphatic carbocycles. The van der Waals surface area contributed by atoms with Gasteiger partial charge in [0.1, 0.15) is 0 Å². The summed E-state index contributed by atoms with van der Waals surface area (Å²) in [5.41, 5.74) is 2.15. The Labute approximate surface area is 113 Å². The summed E-state index contributed by atoms with van der Waals surface area (Å²) in [6, 6.07) is 2.00. The zero-order valence-corrected chi connectivity index (χ0v) is 11.9. The molecule has 104 valence electrons. The van der Waals surface area contributed by atoms with Gasteiger partial charge in [-0.05, 0) is 25.5 Å². The standard InChI is InChI=1S/C13H22N6/c1-11(2)8-14-9-13-10-18(17-16-13)6-7-19-12(3)4-5-15-19/h4-5,10-11,14H,6-9H2,1-3H3. The third-order valence-electron chi connectivity index (χ3n) is 2.91. The molecule has 0 spiro atoms. The second-order valence-electron chi connectivity index (χ2n) is 5.19. The van der Waals surface area contributed by atoms with Crippen molar-refractivity contribution in [3.63, 3.8) is 0 Å². The molecule has 0 saturated carbocycles. The van der Waals surface area contributed by atoms with Crippen LogP contribution in [0.1, 0.15) is 25.2 Å². The first-order valence-corrected chi connectivity index (χ1v) is 6.73. The van der Waals surface area contributed by atoms with E-state index in [1.54, 1.807) is 0 Å². The molecule has 2 rings (SSSR count). The Morgan fingerprint density at radius 2 is 2.16 bits per heavy atom. The molecule has 2 heterocycles. The Balaban J connectivity index is 1.79. The minimum atomic E-state index is 0.651. The molecule has 0 aliphatic rings. The topological polar surface area (TPSA) is 60.6 Å². The fourth-order valence-electron chi connectivity index (χ4n) is 1.85. The fraction of sp³-hybridized carbons (Fsp3) is 0.615. The van der Waals surface area contributed by atoms with Gasteiger partial charge in [-0.2, -0.15) is 5.10 Å². The van der Waals surface area contributed by atoms with Gasteiger partial charge in [-0.15, -0.1) is 5.10 Å². The number of hydrogen-bond donors (Lipinski definition) is 1. The Morgan fingerprint density at radius 1 is 1.32 bits per heavy atom. The maximum absolute atomic E-state index is 4.25. The van der Waals surface area contributed by atoms with Crippen molar-refractivity contribution in [1.29, 1.82) is 0 Å². The van der Waals surface area contributed by atoms with Crippen molar-refractivity contribution in [3.05, 3.63) is 29.8 Å². The largest absolute Gasteiger partial charge is 0.311 e. The molecular formula is C13H22N6. The van der Waals surface area contributed by atoms with Crippen LogP contribution < -0.4 is 5.32 Å². The summed E-state index contributed by atoms with van der Waals surface area (Å²) in [7, 11) is 0. The van der Waals surface area contributed by atoms with E-state index in [1.165, 1.54) is 5.69 Å². The van der Waals surface area contributed by atoms with E-state index in [0.717, 1.165) is 31.9 Å². The molecule has 0 fully saturated rings. The lowest BCUT2D eigenvalue weighted by atomic mass is 10.2. The molecule has 0 saturated heterocycles. The lowest BCUT2D eigenvalue weighted by Crippen LogP contribution is -2.19. The number of hydrogen-bond acceptors (Lipinski definition) is 4. The molecule has 0 radical (unpaired) electrons. The van der Waals surface area contributed by atoms with Gasteiger partial charge in [0.15, 0.2) is 0 Å². The normalized spacial score (nSPS) is 11.4. The second kappa shape index (κ2) is 6.47. The molecule has 0 amide bonds. The molecule has 2 aromatic heterocycles. The van der Waals surface area contributed by atoms with Crippen LogP contribution in [0, 0.1) is 12.8 Å². The predicted molar refractivity (Wildman–Crippen MR) is 73.5 cm³/mol. The van der Waals surface area contributed by atoms with E-state index in [1.807, 2.05) is 27.8 Å². The third kappa shape index (κ3) is 4.17. The second-order valence-corrected chi connectivity index (χ2v) is 5.19. The van der Waals surface area contributed by atoms with Crippen molar-refractivity contribution in [1.82, 2.24) is 30.1 Å². The van der Waals surface area contributed by atoms with E-state index in [9.17, 15) is 0 Å². The molecule has 2 aromatic rings. The van der Waals surface area contributed by atoms with E-state index >= 15 is 0 Å². The summed E-state index contributed by atoms with van der Waals surface area (Å²) in [6.07, 6.45) is 3.81. The van der Waals surface area contributed by atoms with Crippen molar-refractivity contribution in [3.8, 4) is 0 Å². The monoisotopic (exact) mass is 262 g/mol. The molecule has 0 bridgehead atoms. The molecule has 0 atom stereocenters. The molecule has 6 nitrogen and oxygen atoms in total. The first-order valence-electron chi connectivity index (χ1n) is 6.73. The first kappa shape index (κ1) is 13.7. The Morgan fingerprint density at radius 3 is 2.84 bits per heavy atom. The number of nitrogens with zero attached hydrogens (tertiary/aromatic N) is 5. The van der Waals surface area contributed by atoms with Crippen molar-refractivity contribution in [2.75, 3.05) is 6.54 Å². The van der Waals surface area contributed by atoms with Crippen molar-refractivity contribution in [2.45, 2.75) is 40.4 Å². The quantitative estimate of drug-likeness (QED) is 0.815. The minimum Gasteiger partial charge on any atom is -0.311 e. The van der Waals surface area contributed by atoms with Crippen LogP contribution in [-0.4, -0.2) is 31.3 Å². The van der Waals surface area contributed by atoms with Crippen LogP contribution >= 0.6 is 0 Å². The summed E-state index contributed by atoms with van der Waals surface area (Å²) in [5, 5.41) is 15.9. The fourth-order valence-corrected chi connectivity index (χ4v) is 1.85. The average molecular weight is 262 g/mol. The number of aryl methyl sites for hydroxylation is 3. The van der Waals surface area contributed by atoms with Gasteiger partial charge in [-0.25, -0.2) is 0 Å². The Hall–Kier alpha value is -1.69.